The second-order valence-corrected chi connectivity index (χ2v) is 6.73. The van der Waals surface area contributed by atoms with E-state index in [1.807, 2.05) is 38.1 Å². The molecule has 1 aromatic heterocycles. The fourth-order valence-electron chi connectivity index (χ4n) is 2.37. The molecule has 6 nitrogen and oxygen atoms in total. The largest absolute Gasteiger partial charge is 0.447 e. The highest BCUT2D eigenvalue weighted by Crippen LogP contribution is 2.16. The molecule has 0 aliphatic rings. The van der Waals surface area contributed by atoms with Crippen LogP contribution < -0.4 is 5.32 Å². The van der Waals surface area contributed by atoms with Crippen LogP contribution in [0, 0.1) is 13.8 Å². The monoisotopic (exact) mass is 389 g/mol. The summed E-state index contributed by atoms with van der Waals surface area (Å²) in [7, 11) is 1.68. The molecule has 0 saturated carbocycles. The first-order valence-corrected chi connectivity index (χ1v) is 9.09. The number of hydrogen-bond acceptors (Lipinski definition) is 4. The van der Waals surface area contributed by atoms with E-state index in [1.165, 1.54) is 0 Å². The van der Waals surface area contributed by atoms with E-state index in [-0.39, 0.29) is 12.5 Å². The lowest BCUT2D eigenvalue weighted by Gasteiger charge is -2.17. The van der Waals surface area contributed by atoms with Crippen molar-refractivity contribution >= 4 is 29.4 Å². The average molecular weight is 390 g/mol. The fourth-order valence-corrected chi connectivity index (χ4v) is 2.60. The number of rotatable bonds is 7. The molecular weight excluding hydrogens is 366 g/mol. The van der Waals surface area contributed by atoms with Crippen LogP contribution >= 0.6 is 11.6 Å². The van der Waals surface area contributed by atoms with Crippen molar-refractivity contribution in [1.29, 1.82) is 0 Å². The Kier molecular flexibility index (Phi) is 7.61. The quantitative estimate of drug-likeness (QED) is 0.777. The summed E-state index contributed by atoms with van der Waals surface area (Å²) in [4.78, 5) is 29.7. The minimum atomic E-state index is -0.595. The van der Waals surface area contributed by atoms with Gasteiger partial charge in [-0.05, 0) is 49.1 Å². The zero-order valence-corrected chi connectivity index (χ0v) is 16.5. The van der Waals surface area contributed by atoms with E-state index in [9.17, 15) is 9.59 Å². The Morgan fingerprint density at radius 3 is 2.67 bits per heavy atom. The van der Waals surface area contributed by atoms with Crippen molar-refractivity contribution in [1.82, 2.24) is 9.88 Å². The van der Waals surface area contributed by atoms with Gasteiger partial charge in [-0.1, -0.05) is 29.8 Å². The van der Waals surface area contributed by atoms with Crippen LogP contribution in [-0.4, -0.2) is 42.1 Å². The molecule has 1 aromatic carbocycles. The van der Waals surface area contributed by atoms with Crippen molar-refractivity contribution in [3.8, 4) is 0 Å². The van der Waals surface area contributed by atoms with Gasteiger partial charge in [0.2, 0.25) is 5.91 Å². The van der Waals surface area contributed by atoms with Gasteiger partial charge in [-0.2, -0.15) is 0 Å². The number of aromatic nitrogens is 1. The molecule has 144 valence electrons. The van der Waals surface area contributed by atoms with Gasteiger partial charge < -0.3 is 9.64 Å². The standard InChI is InChI=1S/C20H24ClN3O3/c1-14-12-18(22-13-15(14)2)23-20(26)27-11-10-24(3)19(25)9-8-16-6-4-5-7-17(16)21/h4-7,12-13H,8-11H2,1-3H3,(H,22,23,26). The lowest BCUT2D eigenvalue weighted by molar-refractivity contribution is -0.130. The van der Waals surface area contributed by atoms with Gasteiger partial charge in [0.05, 0.1) is 6.54 Å². The number of anilines is 1. The summed E-state index contributed by atoms with van der Waals surface area (Å²) in [6.45, 7) is 4.31. The molecule has 0 spiro atoms. The minimum Gasteiger partial charge on any atom is -0.447 e. The van der Waals surface area contributed by atoms with E-state index >= 15 is 0 Å². The normalized spacial score (nSPS) is 10.4. The first kappa shape index (κ1) is 20.7. The third-order valence-electron chi connectivity index (χ3n) is 4.25. The van der Waals surface area contributed by atoms with E-state index in [0.29, 0.717) is 30.2 Å². The SMILES string of the molecule is Cc1cnc(NC(=O)OCCN(C)C(=O)CCc2ccccc2Cl)cc1C. The van der Waals surface area contributed by atoms with Crippen molar-refractivity contribution in [3.63, 3.8) is 0 Å². The summed E-state index contributed by atoms with van der Waals surface area (Å²) in [6, 6.07) is 9.24. The van der Waals surface area contributed by atoms with Gasteiger partial charge in [-0.25, -0.2) is 9.78 Å². The molecule has 2 amide bonds. The number of carbonyl (C=O) groups excluding carboxylic acids is 2. The molecule has 1 heterocycles. The number of hydrogen-bond donors (Lipinski definition) is 1. The molecule has 27 heavy (non-hydrogen) atoms. The maximum atomic E-state index is 12.2. The van der Waals surface area contributed by atoms with Gasteiger partial charge in [-0.15, -0.1) is 0 Å². The van der Waals surface area contributed by atoms with Gasteiger partial charge in [0.25, 0.3) is 0 Å². The zero-order chi connectivity index (χ0) is 19.8. The summed E-state index contributed by atoms with van der Waals surface area (Å²) < 4.78 is 5.11. The number of amides is 2. The lowest BCUT2D eigenvalue weighted by Crippen LogP contribution is -2.31. The van der Waals surface area contributed by atoms with Gasteiger partial charge >= 0.3 is 6.09 Å². The molecule has 0 saturated heterocycles. The van der Waals surface area contributed by atoms with Crippen LogP contribution in [0.5, 0.6) is 0 Å². The molecule has 0 aliphatic carbocycles. The maximum absolute atomic E-state index is 12.2. The number of carbonyl (C=O) groups is 2. The third-order valence-corrected chi connectivity index (χ3v) is 4.62. The van der Waals surface area contributed by atoms with Crippen LogP contribution in [0.3, 0.4) is 0 Å². The summed E-state index contributed by atoms with van der Waals surface area (Å²) in [6.07, 6.45) is 2.01. The number of benzene rings is 1. The van der Waals surface area contributed by atoms with Crippen molar-refractivity contribution in [2.24, 2.45) is 0 Å². The van der Waals surface area contributed by atoms with E-state index < -0.39 is 6.09 Å². The zero-order valence-electron chi connectivity index (χ0n) is 15.8. The Morgan fingerprint density at radius 1 is 1.22 bits per heavy atom. The average Bonchev–Trinajstić information content (AvgIpc) is 2.63. The Bertz CT molecular complexity index is 811. The molecular formula is C20H24ClN3O3. The predicted octanol–water partition coefficient (Wildman–Crippen LogP) is 3.99. The molecule has 1 N–H and O–H groups in total. The molecule has 7 heteroatoms. The minimum absolute atomic E-state index is 0.0326. The number of likely N-dealkylation sites (N-methyl/N-ethyl adjacent to an activating group) is 1. The molecule has 0 bridgehead atoms. The lowest BCUT2D eigenvalue weighted by atomic mass is 10.1. The molecule has 0 unspecified atom stereocenters. The van der Waals surface area contributed by atoms with Gasteiger partial charge in [-0.3, -0.25) is 10.1 Å². The second kappa shape index (κ2) is 9.92. The number of nitrogens with zero attached hydrogens (tertiary/aromatic N) is 2. The number of pyridine rings is 1. The van der Waals surface area contributed by atoms with Gasteiger partial charge in [0.15, 0.2) is 0 Å². The Balaban J connectivity index is 1.70. The second-order valence-electron chi connectivity index (χ2n) is 6.32. The first-order valence-electron chi connectivity index (χ1n) is 8.71. The summed E-state index contributed by atoms with van der Waals surface area (Å²) >= 11 is 6.10. The summed E-state index contributed by atoms with van der Waals surface area (Å²) in [5.74, 6) is 0.405. The summed E-state index contributed by atoms with van der Waals surface area (Å²) in [5.41, 5.74) is 3.02. The van der Waals surface area contributed by atoms with Crippen molar-refractivity contribution in [2.45, 2.75) is 26.7 Å². The smallest absolute Gasteiger partial charge is 0.412 e. The van der Waals surface area contributed by atoms with Gasteiger partial charge in [0.1, 0.15) is 12.4 Å². The Labute approximate surface area is 164 Å². The van der Waals surface area contributed by atoms with E-state index in [2.05, 4.69) is 10.3 Å². The number of halogens is 1. The highest BCUT2D eigenvalue weighted by Gasteiger charge is 2.11. The van der Waals surface area contributed by atoms with Crippen LogP contribution in [0.25, 0.3) is 0 Å². The van der Waals surface area contributed by atoms with Crippen LogP contribution in [-0.2, 0) is 16.0 Å². The van der Waals surface area contributed by atoms with Crippen molar-refractivity contribution in [3.05, 3.63) is 58.2 Å². The van der Waals surface area contributed by atoms with Crippen molar-refractivity contribution in [2.75, 3.05) is 25.5 Å². The number of aryl methyl sites for hydroxylation is 3. The van der Waals surface area contributed by atoms with Crippen LogP contribution in [0.2, 0.25) is 5.02 Å². The maximum Gasteiger partial charge on any atom is 0.412 e. The van der Waals surface area contributed by atoms with Gasteiger partial charge in [0, 0.05) is 24.7 Å². The van der Waals surface area contributed by atoms with Crippen LogP contribution in [0.1, 0.15) is 23.1 Å². The molecule has 0 atom stereocenters. The first-order chi connectivity index (χ1) is 12.9. The number of nitrogens with one attached hydrogen (secondary N) is 1. The summed E-state index contributed by atoms with van der Waals surface area (Å²) in [5, 5.41) is 3.24. The van der Waals surface area contributed by atoms with Crippen LogP contribution in [0.4, 0.5) is 10.6 Å². The van der Waals surface area contributed by atoms with Crippen LogP contribution in [0.15, 0.2) is 36.5 Å². The molecule has 2 rings (SSSR count). The molecule has 2 aromatic rings. The Hall–Kier alpha value is -2.60. The van der Waals surface area contributed by atoms with E-state index in [1.54, 1.807) is 24.2 Å². The molecule has 0 fully saturated rings. The third kappa shape index (κ3) is 6.57. The van der Waals surface area contributed by atoms with Crippen molar-refractivity contribution < 1.29 is 14.3 Å². The molecule has 0 aliphatic heterocycles. The Morgan fingerprint density at radius 2 is 1.96 bits per heavy atom. The molecule has 0 radical (unpaired) electrons. The highest BCUT2D eigenvalue weighted by atomic mass is 35.5. The predicted molar refractivity (Wildman–Crippen MR) is 106 cm³/mol. The highest BCUT2D eigenvalue weighted by molar-refractivity contribution is 6.31. The van der Waals surface area contributed by atoms with E-state index in [4.69, 9.17) is 16.3 Å². The van der Waals surface area contributed by atoms with E-state index in [0.717, 1.165) is 16.7 Å². The number of ether oxygens (including phenoxy) is 1. The fraction of sp³-hybridized carbons (Fsp3) is 0.350. The topological polar surface area (TPSA) is 71.5 Å².